The van der Waals surface area contributed by atoms with E-state index >= 15 is 0 Å². The summed E-state index contributed by atoms with van der Waals surface area (Å²) >= 11 is 0. The van der Waals surface area contributed by atoms with Crippen LogP contribution in [0, 0.1) is 0 Å². The summed E-state index contributed by atoms with van der Waals surface area (Å²) in [5.74, 6) is 0. The van der Waals surface area contributed by atoms with Crippen LogP contribution in [0.4, 0.5) is 10.5 Å². The number of hydrogen-bond donors (Lipinski definition) is 1. The van der Waals surface area contributed by atoms with Crippen LogP contribution in [0.3, 0.4) is 0 Å². The van der Waals surface area contributed by atoms with E-state index in [2.05, 4.69) is 5.32 Å². The molecule has 0 saturated carbocycles. The van der Waals surface area contributed by atoms with Crippen molar-refractivity contribution in [2.24, 2.45) is 0 Å². The molecular weight excluding hydrogens is 190 g/mol. The number of anilines is 1. The molecule has 1 atom stereocenters. The Balaban J connectivity index is 2.43. The van der Waals surface area contributed by atoms with Crippen LogP contribution in [-0.2, 0) is 4.74 Å². The van der Waals surface area contributed by atoms with Gasteiger partial charge in [0.05, 0.1) is 0 Å². The Morgan fingerprint density at radius 2 is 2.07 bits per heavy atom. The molecule has 1 amide bonds. The maximum atomic E-state index is 11.3. The van der Waals surface area contributed by atoms with Crippen molar-refractivity contribution in [3.8, 4) is 0 Å². The first-order valence-corrected chi connectivity index (χ1v) is 4.88. The van der Waals surface area contributed by atoms with Crippen molar-refractivity contribution in [3.63, 3.8) is 0 Å². The van der Waals surface area contributed by atoms with E-state index in [4.69, 9.17) is 4.74 Å². The summed E-state index contributed by atoms with van der Waals surface area (Å²) in [4.78, 5) is 11.3. The van der Waals surface area contributed by atoms with E-state index in [1.807, 2.05) is 56.3 Å². The topological polar surface area (TPSA) is 38.3 Å². The highest BCUT2D eigenvalue weighted by Crippen LogP contribution is 2.06. The zero-order chi connectivity index (χ0) is 11.1. The molecule has 1 aromatic carbocycles. The third-order valence-corrected chi connectivity index (χ3v) is 1.78. The molecule has 0 spiro atoms. The summed E-state index contributed by atoms with van der Waals surface area (Å²) in [6.07, 6.45) is 3.01. The number of benzene rings is 1. The average Bonchev–Trinajstić information content (AvgIpc) is 2.19. The molecule has 0 aromatic heterocycles. The molecule has 0 saturated heterocycles. The molecule has 3 heteroatoms. The third-order valence-electron chi connectivity index (χ3n) is 1.78. The van der Waals surface area contributed by atoms with Gasteiger partial charge in [-0.05, 0) is 32.1 Å². The number of carbonyl (C=O) groups excluding carboxylic acids is 1. The molecule has 15 heavy (non-hydrogen) atoms. The number of rotatable bonds is 3. The Morgan fingerprint density at radius 1 is 1.40 bits per heavy atom. The Labute approximate surface area is 89.8 Å². The Kier molecular flexibility index (Phi) is 4.41. The molecule has 1 N–H and O–H groups in total. The lowest BCUT2D eigenvalue weighted by Crippen LogP contribution is -2.18. The maximum Gasteiger partial charge on any atom is 0.412 e. The van der Waals surface area contributed by atoms with Gasteiger partial charge in [0.1, 0.15) is 6.10 Å². The van der Waals surface area contributed by atoms with Crippen LogP contribution in [0.2, 0.25) is 0 Å². The second kappa shape index (κ2) is 5.86. The van der Waals surface area contributed by atoms with Crippen molar-refractivity contribution in [2.45, 2.75) is 20.0 Å². The lowest BCUT2D eigenvalue weighted by molar-refractivity contribution is 0.142. The molecule has 1 unspecified atom stereocenters. The smallest absolute Gasteiger partial charge is 0.412 e. The highest BCUT2D eigenvalue weighted by Gasteiger charge is 2.05. The van der Waals surface area contributed by atoms with E-state index in [0.717, 1.165) is 5.69 Å². The van der Waals surface area contributed by atoms with Gasteiger partial charge in [-0.1, -0.05) is 24.3 Å². The summed E-state index contributed by atoms with van der Waals surface area (Å²) in [6, 6.07) is 9.21. The fourth-order valence-corrected chi connectivity index (χ4v) is 1.15. The monoisotopic (exact) mass is 205 g/mol. The normalized spacial score (nSPS) is 12.4. The lowest BCUT2D eigenvalue weighted by Gasteiger charge is -2.10. The van der Waals surface area contributed by atoms with Gasteiger partial charge in [-0.2, -0.15) is 0 Å². The summed E-state index contributed by atoms with van der Waals surface area (Å²) < 4.78 is 5.06. The number of nitrogens with one attached hydrogen (secondary N) is 1. The van der Waals surface area contributed by atoms with Crippen LogP contribution < -0.4 is 5.32 Å². The predicted octanol–water partition coefficient (Wildman–Crippen LogP) is 3.20. The molecule has 80 valence electrons. The van der Waals surface area contributed by atoms with Gasteiger partial charge in [-0.25, -0.2) is 4.79 Å². The zero-order valence-electron chi connectivity index (χ0n) is 8.94. The second-order valence-corrected chi connectivity index (χ2v) is 3.13. The van der Waals surface area contributed by atoms with Crippen LogP contribution in [0.5, 0.6) is 0 Å². The van der Waals surface area contributed by atoms with E-state index in [1.54, 1.807) is 0 Å². The Morgan fingerprint density at radius 3 is 2.67 bits per heavy atom. The van der Waals surface area contributed by atoms with Crippen LogP contribution in [-0.4, -0.2) is 12.2 Å². The molecule has 0 heterocycles. The zero-order valence-corrected chi connectivity index (χ0v) is 8.94. The van der Waals surface area contributed by atoms with Crippen molar-refractivity contribution in [2.75, 3.05) is 5.32 Å². The van der Waals surface area contributed by atoms with Gasteiger partial charge >= 0.3 is 6.09 Å². The fraction of sp³-hybridized carbons (Fsp3) is 0.250. The summed E-state index contributed by atoms with van der Waals surface area (Å²) in [7, 11) is 0. The number of hydrogen-bond acceptors (Lipinski definition) is 2. The van der Waals surface area contributed by atoms with Crippen molar-refractivity contribution >= 4 is 11.8 Å². The van der Waals surface area contributed by atoms with Crippen molar-refractivity contribution in [1.29, 1.82) is 0 Å². The molecule has 0 aliphatic rings. The summed E-state index contributed by atoms with van der Waals surface area (Å²) in [6.45, 7) is 3.69. The van der Waals surface area contributed by atoms with E-state index in [9.17, 15) is 4.79 Å². The number of ether oxygens (including phenoxy) is 1. The van der Waals surface area contributed by atoms with Crippen molar-refractivity contribution < 1.29 is 9.53 Å². The van der Waals surface area contributed by atoms with E-state index in [0.29, 0.717) is 0 Å². The molecular formula is C12H15NO2. The minimum absolute atomic E-state index is 0.210. The molecule has 1 rings (SSSR count). The molecule has 1 aromatic rings. The van der Waals surface area contributed by atoms with Gasteiger partial charge in [-0.15, -0.1) is 0 Å². The molecule has 0 fully saturated rings. The average molecular weight is 205 g/mol. The first-order chi connectivity index (χ1) is 7.22. The first kappa shape index (κ1) is 11.3. The second-order valence-electron chi connectivity index (χ2n) is 3.13. The fourth-order valence-electron chi connectivity index (χ4n) is 1.15. The number of carbonyl (C=O) groups is 1. The van der Waals surface area contributed by atoms with Gasteiger partial charge in [0.15, 0.2) is 0 Å². The molecule has 0 radical (unpaired) electrons. The van der Waals surface area contributed by atoms with Crippen molar-refractivity contribution in [3.05, 3.63) is 42.5 Å². The van der Waals surface area contributed by atoms with Crippen LogP contribution >= 0.6 is 0 Å². The lowest BCUT2D eigenvalue weighted by atomic mass is 10.3. The van der Waals surface area contributed by atoms with Gasteiger partial charge in [0.25, 0.3) is 0 Å². The van der Waals surface area contributed by atoms with Crippen LogP contribution in [0.1, 0.15) is 13.8 Å². The SMILES string of the molecule is C/C=C\C(C)OC(=O)Nc1ccccc1. The molecule has 0 aliphatic carbocycles. The van der Waals surface area contributed by atoms with Crippen LogP contribution in [0.15, 0.2) is 42.5 Å². The number of allylic oxidation sites excluding steroid dienone is 1. The van der Waals surface area contributed by atoms with E-state index in [-0.39, 0.29) is 6.10 Å². The minimum Gasteiger partial charge on any atom is -0.442 e. The molecule has 0 bridgehead atoms. The highest BCUT2D eigenvalue weighted by atomic mass is 16.6. The standard InChI is InChI=1S/C12H15NO2/c1-3-7-10(2)15-12(14)13-11-8-5-4-6-9-11/h3-10H,1-2H3,(H,13,14)/b7-3-. The largest absolute Gasteiger partial charge is 0.442 e. The Hall–Kier alpha value is -1.77. The minimum atomic E-state index is -0.438. The predicted molar refractivity (Wildman–Crippen MR) is 60.8 cm³/mol. The Bertz CT molecular complexity index is 333. The van der Waals surface area contributed by atoms with Crippen LogP contribution in [0.25, 0.3) is 0 Å². The summed E-state index contributed by atoms with van der Waals surface area (Å²) in [5.41, 5.74) is 0.732. The van der Waals surface area contributed by atoms with E-state index in [1.165, 1.54) is 0 Å². The quantitative estimate of drug-likeness (QED) is 0.769. The maximum absolute atomic E-state index is 11.3. The number of para-hydroxylation sites is 1. The summed E-state index contributed by atoms with van der Waals surface area (Å²) in [5, 5.41) is 2.64. The van der Waals surface area contributed by atoms with Gasteiger partial charge in [-0.3, -0.25) is 5.32 Å². The number of amides is 1. The van der Waals surface area contributed by atoms with Gasteiger partial charge in [0, 0.05) is 5.69 Å². The van der Waals surface area contributed by atoms with Gasteiger partial charge in [0.2, 0.25) is 0 Å². The van der Waals surface area contributed by atoms with E-state index < -0.39 is 6.09 Å². The highest BCUT2D eigenvalue weighted by molar-refractivity contribution is 5.84. The molecule has 3 nitrogen and oxygen atoms in total. The molecule has 0 aliphatic heterocycles. The van der Waals surface area contributed by atoms with Gasteiger partial charge < -0.3 is 4.74 Å². The first-order valence-electron chi connectivity index (χ1n) is 4.88. The van der Waals surface area contributed by atoms with Crippen molar-refractivity contribution in [1.82, 2.24) is 0 Å². The third kappa shape index (κ3) is 4.31.